The second-order valence-corrected chi connectivity index (χ2v) is 5.82. The Hall–Kier alpha value is -2.55. The van der Waals surface area contributed by atoms with Gasteiger partial charge in [-0.25, -0.2) is 0 Å². The topological polar surface area (TPSA) is 34.0 Å². The number of aromatic nitrogens is 1. The van der Waals surface area contributed by atoms with Gasteiger partial charge in [-0.15, -0.1) is 0 Å². The van der Waals surface area contributed by atoms with Crippen LogP contribution in [0.15, 0.2) is 42.5 Å². The summed E-state index contributed by atoms with van der Waals surface area (Å²) >= 11 is 0. The van der Waals surface area contributed by atoms with Gasteiger partial charge in [-0.2, -0.15) is 0 Å². The Morgan fingerprint density at radius 3 is 2.45 bits per heavy atom. The van der Waals surface area contributed by atoms with Gasteiger partial charge in [-0.3, -0.25) is 4.79 Å². The predicted octanol–water partition coefficient (Wildman–Crippen LogP) is 4.36. The van der Waals surface area contributed by atoms with Gasteiger partial charge in [0.05, 0.1) is 0 Å². The minimum atomic E-state index is -0.0665. The van der Waals surface area contributed by atoms with E-state index in [4.69, 9.17) is 0 Å². The molecule has 3 heteroatoms. The van der Waals surface area contributed by atoms with Gasteiger partial charge in [0.25, 0.3) is 5.91 Å². The summed E-state index contributed by atoms with van der Waals surface area (Å²) in [6.45, 7) is 6.06. The molecular formula is C19H20N2O. The summed E-state index contributed by atoms with van der Waals surface area (Å²) in [5.74, 6) is -0.0665. The van der Waals surface area contributed by atoms with Crippen LogP contribution in [0.25, 0.3) is 10.9 Å². The van der Waals surface area contributed by atoms with Crippen LogP contribution in [0, 0.1) is 20.8 Å². The fraction of sp³-hybridized carbons (Fsp3) is 0.211. The second kappa shape index (κ2) is 5.34. The Labute approximate surface area is 130 Å². The number of nitrogens with one attached hydrogen (secondary N) is 1. The molecule has 0 fully saturated rings. The Kier molecular flexibility index (Phi) is 3.49. The van der Waals surface area contributed by atoms with E-state index in [-0.39, 0.29) is 5.91 Å². The molecule has 0 aliphatic heterocycles. The van der Waals surface area contributed by atoms with Crippen LogP contribution in [0.3, 0.4) is 0 Å². The van der Waals surface area contributed by atoms with E-state index in [1.54, 1.807) is 0 Å². The molecular weight excluding hydrogens is 272 g/mol. The molecule has 0 saturated carbocycles. The van der Waals surface area contributed by atoms with Crippen LogP contribution in [-0.4, -0.2) is 10.5 Å². The predicted molar refractivity (Wildman–Crippen MR) is 91.5 cm³/mol. The normalized spacial score (nSPS) is 10.9. The van der Waals surface area contributed by atoms with Gasteiger partial charge < -0.3 is 9.88 Å². The van der Waals surface area contributed by atoms with Crippen molar-refractivity contribution >= 4 is 22.5 Å². The van der Waals surface area contributed by atoms with E-state index >= 15 is 0 Å². The zero-order chi connectivity index (χ0) is 15.9. The van der Waals surface area contributed by atoms with Crippen molar-refractivity contribution in [2.24, 2.45) is 7.05 Å². The maximum Gasteiger partial charge on any atom is 0.272 e. The highest BCUT2D eigenvalue weighted by Crippen LogP contribution is 2.25. The second-order valence-electron chi connectivity index (χ2n) is 5.82. The fourth-order valence-electron chi connectivity index (χ4n) is 3.04. The number of rotatable bonds is 2. The number of anilines is 1. The van der Waals surface area contributed by atoms with Crippen LogP contribution in [-0.2, 0) is 7.05 Å². The van der Waals surface area contributed by atoms with Gasteiger partial charge >= 0.3 is 0 Å². The first kappa shape index (κ1) is 14.4. The van der Waals surface area contributed by atoms with Crippen molar-refractivity contribution in [3.8, 4) is 0 Å². The molecule has 1 aromatic heterocycles. The average molecular weight is 292 g/mol. The average Bonchev–Trinajstić information content (AvgIpc) is 2.74. The molecule has 3 aromatic rings. The largest absolute Gasteiger partial charge is 0.339 e. The number of fused-ring (bicyclic) bond motifs is 1. The summed E-state index contributed by atoms with van der Waals surface area (Å²) in [6.07, 6.45) is 0. The van der Waals surface area contributed by atoms with Gasteiger partial charge in [0.2, 0.25) is 0 Å². The van der Waals surface area contributed by atoms with Crippen molar-refractivity contribution < 1.29 is 4.79 Å². The van der Waals surface area contributed by atoms with Gasteiger partial charge in [0.15, 0.2) is 0 Å². The molecule has 1 heterocycles. The number of carbonyl (C=O) groups is 1. The first-order valence-electron chi connectivity index (χ1n) is 7.41. The van der Waals surface area contributed by atoms with E-state index in [0.717, 1.165) is 27.7 Å². The molecule has 3 rings (SSSR count). The summed E-state index contributed by atoms with van der Waals surface area (Å²) in [5, 5.41) is 4.16. The van der Waals surface area contributed by atoms with E-state index in [1.165, 1.54) is 5.56 Å². The molecule has 0 spiro atoms. The molecule has 112 valence electrons. The molecule has 0 aliphatic rings. The van der Waals surface area contributed by atoms with Crippen molar-refractivity contribution in [3.63, 3.8) is 0 Å². The van der Waals surface area contributed by atoms with E-state index < -0.39 is 0 Å². The van der Waals surface area contributed by atoms with Gasteiger partial charge in [-0.1, -0.05) is 35.9 Å². The molecule has 22 heavy (non-hydrogen) atoms. The van der Waals surface area contributed by atoms with Crippen molar-refractivity contribution in [1.82, 2.24) is 4.57 Å². The molecule has 0 saturated heterocycles. The maximum absolute atomic E-state index is 12.7. The Balaban J connectivity index is 2.02. The van der Waals surface area contributed by atoms with Crippen LogP contribution in [0.2, 0.25) is 0 Å². The number of carbonyl (C=O) groups excluding carboxylic acids is 1. The molecule has 2 aromatic carbocycles. The third-order valence-corrected chi connectivity index (χ3v) is 4.21. The van der Waals surface area contributed by atoms with E-state index in [2.05, 4.69) is 17.4 Å². The Morgan fingerprint density at radius 1 is 1.05 bits per heavy atom. The lowest BCUT2D eigenvalue weighted by atomic mass is 10.1. The summed E-state index contributed by atoms with van der Waals surface area (Å²) in [6, 6.07) is 14.1. The Bertz CT molecular complexity index is 836. The smallest absolute Gasteiger partial charge is 0.272 e. The fourth-order valence-corrected chi connectivity index (χ4v) is 3.04. The SMILES string of the molecule is Cc1ccc(NC(=O)c2c(C)c3ccccc3n2C)c(C)c1. The van der Waals surface area contributed by atoms with Gasteiger partial charge in [0, 0.05) is 23.6 Å². The van der Waals surface area contributed by atoms with Crippen LogP contribution in [0.5, 0.6) is 0 Å². The van der Waals surface area contributed by atoms with E-state index in [9.17, 15) is 4.79 Å². The molecule has 1 amide bonds. The summed E-state index contributed by atoms with van der Waals surface area (Å²) in [4.78, 5) is 12.7. The quantitative estimate of drug-likeness (QED) is 0.748. The van der Waals surface area contributed by atoms with Crippen LogP contribution < -0.4 is 5.32 Å². The number of hydrogen-bond acceptors (Lipinski definition) is 1. The van der Waals surface area contributed by atoms with Gasteiger partial charge in [0.1, 0.15) is 5.69 Å². The number of aryl methyl sites for hydroxylation is 4. The number of para-hydroxylation sites is 1. The third-order valence-electron chi connectivity index (χ3n) is 4.21. The molecule has 3 nitrogen and oxygen atoms in total. The van der Waals surface area contributed by atoms with Crippen LogP contribution in [0.1, 0.15) is 27.2 Å². The van der Waals surface area contributed by atoms with Crippen LogP contribution >= 0.6 is 0 Å². The summed E-state index contributed by atoms with van der Waals surface area (Å²) in [5.41, 5.74) is 5.92. The van der Waals surface area contributed by atoms with E-state index in [0.29, 0.717) is 5.69 Å². The number of benzene rings is 2. The highest BCUT2D eigenvalue weighted by Gasteiger charge is 2.18. The number of nitrogens with zero attached hydrogens (tertiary/aromatic N) is 1. The lowest BCUT2D eigenvalue weighted by molar-refractivity contribution is 0.101. The standard InChI is InChI=1S/C19H20N2O/c1-12-9-10-16(13(2)11-12)20-19(22)18-14(3)15-7-5-6-8-17(15)21(18)4/h5-11H,1-4H3,(H,20,22). The van der Waals surface area contributed by atoms with Crippen molar-refractivity contribution in [1.29, 1.82) is 0 Å². The number of hydrogen-bond donors (Lipinski definition) is 1. The first-order valence-corrected chi connectivity index (χ1v) is 7.41. The zero-order valence-corrected chi connectivity index (χ0v) is 13.4. The maximum atomic E-state index is 12.7. The van der Waals surface area contributed by atoms with Gasteiger partial charge in [-0.05, 0) is 44.0 Å². The lowest BCUT2D eigenvalue weighted by Crippen LogP contribution is -2.17. The molecule has 0 atom stereocenters. The third kappa shape index (κ3) is 2.29. The zero-order valence-electron chi connectivity index (χ0n) is 13.4. The lowest BCUT2D eigenvalue weighted by Gasteiger charge is -2.10. The Morgan fingerprint density at radius 2 is 1.77 bits per heavy atom. The monoisotopic (exact) mass is 292 g/mol. The molecule has 0 radical (unpaired) electrons. The highest BCUT2D eigenvalue weighted by atomic mass is 16.2. The summed E-state index contributed by atoms with van der Waals surface area (Å²) in [7, 11) is 1.94. The van der Waals surface area contributed by atoms with E-state index in [1.807, 2.05) is 62.7 Å². The van der Waals surface area contributed by atoms with Crippen molar-refractivity contribution in [2.45, 2.75) is 20.8 Å². The molecule has 1 N–H and O–H groups in total. The summed E-state index contributed by atoms with van der Waals surface area (Å²) < 4.78 is 1.96. The number of amides is 1. The molecule has 0 bridgehead atoms. The van der Waals surface area contributed by atoms with Crippen molar-refractivity contribution in [2.75, 3.05) is 5.32 Å². The minimum absolute atomic E-state index is 0.0665. The minimum Gasteiger partial charge on any atom is -0.339 e. The highest BCUT2D eigenvalue weighted by molar-refractivity contribution is 6.08. The first-order chi connectivity index (χ1) is 10.5. The van der Waals surface area contributed by atoms with Crippen LogP contribution in [0.4, 0.5) is 5.69 Å². The molecule has 0 aliphatic carbocycles. The molecule has 0 unspecified atom stereocenters. The van der Waals surface area contributed by atoms with Crippen molar-refractivity contribution in [3.05, 3.63) is 64.8 Å².